The van der Waals surface area contributed by atoms with Crippen LogP contribution in [0.3, 0.4) is 0 Å². The van der Waals surface area contributed by atoms with Crippen molar-refractivity contribution in [1.82, 2.24) is 4.31 Å². The monoisotopic (exact) mass is 311 g/mol. The maximum atomic E-state index is 12.9. The van der Waals surface area contributed by atoms with Crippen LogP contribution >= 0.6 is 0 Å². The SMILES string of the molecule is CC1CCCN(S(=O)(=O)N(CCCN)c2ccccc2)C1. The second kappa shape index (κ2) is 7.24. The summed E-state index contributed by atoms with van der Waals surface area (Å²) in [6, 6.07) is 9.28. The quantitative estimate of drug-likeness (QED) is 0.871. The molecule has 0 spiro atoms. The van der Waals surface area contributed by atoms with Gasteiger partial charge in [0.05, 0.1) is 5.69 Å². The molecule has 0 bridgehead atoms. The van der Waals surface area contributed by atoms with E-state index >= 15 is 0 Å². The second-order valence-corrected chi connectivity index (χ2v) is 7.52. The van der Waals surface area contributed by atoms with E-state index < -0.39 is 10.2 Å². The lowest BCUT2D eigenvalue weighted by molar-refractivity contribution is 0.280. The van der Waals surface area contributed by atoms with Gasteiger partial charge in [0.2, 0.25) is 0 Å². The van der Waals surface area contributed by atoms with Gasteiger partial charge in [-0.25, -0.2) is 0 Å². The largest absolute Gasteiger partial charge is 0.330 e. The first-order valence-corrected chi connectivity index (χ1v) is 8.98. The number of nitrogens with two attached hydrogens (primary N) is 1. The molecule has 2 N–H and O–H groups in total. The Morgan fingerprint density at radius 2 is 2.05 bits per heavy atom. The molecule has 1 aliphatic rings. The van der Waals surface area contributed by atoms with Crippen molar-refractivity contribution in [1.29, 1.82) is 0 Å². The Labute approximate surface area is 127 Å². The highest BCUT2D eigenvalue weighted by Gasteiger charge is 2.32. The topological polar surface area (TPSA) is 66.6 Å². The number of piperidine rings is 1. The Kier molecular flexibility index (Phi) is 5.61. The van der Waals surface area contributed by atoms with E-state index in [1.807, 2.05) is 30.3 Å². The minimum Gasteiger partial charge on any atom is -0.330 e. The van der Waals surface area contributed by atoms with Gasteiger partial charge in [-0.2, -0.15) is 12.7 Å². The van der Waals surface area contributed by atoms with Gasteiger partial charge in [-0.3, -0.25) is 4.31 Å². The lowest BCUT2D eigenvalue weighted by Crippen LogP contribution is -2.48. The first-order valence-electron chi connectivity index (χ1n) is 7.58. The highest BCUT2D eigenvalue weighted by Crippen LogP contribution is 2.25. The summed E-state index contributed by atoms with van der Waals surface area (Å²) < 4.78 is 29.0. The van der Waals surface area contributed by atoms with Crippen LogP contribution in [0.4, 0.5) is 5.69 Å². The van der Waals surface area contributed by atoms with E-state index in [-0.39, 0.29) is 0 Å². The van der Waals surface area contributed by atoms with E-state index in [0.717, 1.165) is 12.8 Å². The molecule has 1 atom stereocenters. The van der Waals surface area contributed by atoms with Crippen LogP contribution in [0.2, 0.25) is 0 Å². The molecular weight excluding hydrogens is 286 g/mol. The van der Waals surface area contributed by atoms with Gasteiger partial charge in [-0.1, -0.05) is 25.1 Å². The standard InChI is InChI=1S/C15H25N3O2S/c1-14-7-5-11-17(13-14)21(19,20)18(12-6-10-16)15-8-3-2-4-9-15/h2-4,8-9,14H,5-7,10-13,16H2,1H3. The lowest BCUT2D eigenvalue weighted by Gasteiger charge is -2.35. The summed E-state index contributed by atoms with van der Waals surface area (Å²) in [7, 11) is -3.47. The first-order chi connectivity index (χ1) is 10.1. The third-order valence-electron chi connectivity index (χ3n) is 3.83. The molecule has 0 aromatic heterocycles. The van der Waals surface area contributed by atoms with E-state index in [4.69, 9.17) is 5.73 Å². The fraction of sp³-hybridized carbons (Fsp3) is 0.600. The summed E-state index contributed by atoms with van der Waals surface area (Å²) >= 11 is 0. The maximum absolute atomic E-state index is 12.9. The van der Waals surface area contributed by atoms with E-state index in [0.29, 0.717) is 44.2 Å². The summed E-state index contributed by atoms with van der Waals surface area (Å²) in [5.74, 6) is 0.417. The predicted molar refractivity (Wildman–Crippen MR) is 86.4 cm³/mol. The van der Waals surface area contributed by atoms with Crippen molar-refractivity contribution in [3.8, 4) is 0 Å². The zero-order valence-corrected chi connectivity index (χ0v) is 13.4. The van der Waals surface area contributed by atoms with Gasteiger partial charge in [0.25, 0.3) is 0 Å². The van der Waals surface area contributed by atoms with Gasteiger partial charge in [-0.05, 0) is 43.9 Å². The fourth-order valence-corrected chi connectivity index (χ4v) is 4.53. The molecule has 0 radical (unpaired) electrons. The molecule has 1 aliphatic heterocycles. The van der Waals surface area contributed by atoms with E-state index in [9.17, 15) is 8.42 Å². The Bertz CT molecular complexity index is 533. The number of rotatable bonds is 6. The van der Waals surface area contributed by atoms with Crippen molar-refractivity contribution in [2.24, 2.45) is 11.7 Å². The summed E-state index contributed by atoms with van der Waals surface area (Å²) in [5, 5.41) is 0. The number of hydrogen-bond donors (Lipinski definition) is 1. The van der Waals surface area contributed by atoms with Crippen LogP contribution in [0.15, 0.2) is 30.3 Å². The highest BCUT2D eigenvalue weighted by molar-refractivity contribution is 7.90. The Balaban J connectivity index is 2.26. The molecule has 21 heavy (non-hydrogen) atoms. The number of nitrogens with zero attached hydrogens (tertiary/aromatic N) is 2. The van der Waals surface area contributed by atoms with Crippen molar-refractivity contribution in [2.45, 2.75) is 26.2 Å². The third-order valence-corrected chi connectivity index (χ3v) is 5.77. The molecule has 6 heteroatoms. The van der Waals surface area contributed by atoms with Gasteiger partial charge in [-0.15, -0.1) is 0 Å². The summed E-state index contributed by atoms with van der Waals surface area (Å²) in [4.78, 5) is 0. The highest BCUT2D eigenvalue weighted by atomic mass is 32.2. The smallest absolute Gasteiger partial charge is 0.304 e. The molecule has 0 amide bonds. The zero-order valence-electron chi connectivity index (χ0n) is 12.6. The summed E-state index contributed by atoms with van der Waals surface area (Å²) in [5.41, 5.74) is 6.28. The van der Waals surface area contributed by atoms with Crippen molar-refractivity contribution in [3.05, 3.63) is 30.3 Å². The summed E-state index contributed by atoms with van der Waals surface area (Å²) in [6.07, 6.45) is 2.68. The van der Waals surface area contributed by atoms with Gasteiger partial charge >= 0.3 is 10.2 Å². The molecule has 0 saturated carbocycles. The molecule has 1 aromatic carbocycles. The molecule has 1 unspecified atom stereocenters. The van der Waals surface area contributed by atoms with E-state index in [1.165, 1.54) is 4.31 Å². The van der Waals surface area contributed by atoms with E-state index in [1.54, 1.807) is 4.31 Å². The van der Waals surface area contributed by atoms with Crippen LogP contribution in [0, 0.1) is 5.92 Å². The Morgan fingerprint density at radius 1 is 1.33 bits per heavy atom. The maximum Gasteiger partial charge on any atom is 0.304 e. The fourth-order valence-electron chi connectivity index (χ4n) is 2.70. The molecule has 1 saturated heterocycles. The van der Waals surface area contributed by atoms with Crippen molar-refractivity contribution in [3.63, 3.8) is 0 Å². The van der Waals surface area contributed by atoms with Crippen LogP contribution in [0.5, 0.6) is 0 Å². The molecule has 5 nitrogen and oxygen atoms in total. The normalized spacial score (nSPS) is 20.4. The number of benzene rings is 1. The minimum absolute atomic E-state index is 0.417. The van der Waals surface area contributed by atoms with Crippen LogP contribution < -0.4 is 10.0 Å². The van der Waals surface area contributed by atoms with Crippen molar-refractivity contribution < 1.29 is 8.42 Å². The van der Waals surface area contributed by atoms with Crippen LogP contribution in [-0.2, 0) is 10.2 Å². The zero-order chi connectivity index (χ0) is 15.3. The second-order valence-electron chi connectivity index (χ2n) is 5.66. The molecule has 1 fully saturated rings. The minimum atomic E-state index is -3.47. The predicted octanol–water partition coefficient (Wildman–Crippen LogP) is 1.82. The molecular formula is C15H25N3O2S. The Hall–Kier alpha value is -1.11. The first kappa shape index (κ1) is 16.3. The average molecular weight is 311 g/mol. The van der Waals surface area contributed by atoms with E-state index in [2.05, 4.69) is 6.92 Å². The van der Waals surface area contributed by atoms with Gasteiger partial charge in [0.15, 0.2) is 0 Å². The number of anilines is 1. The molecule has 1 aromatic rings. The number of para-hydroxylation sites is 1. The average Bonchev–Trinajstić information content (AvgIpc) is 2.48. The molecule has 118 valence electrons. The third kappa shape index (κ3) is 3.96. The van der Waals surface area contributed by atoms with Gasteiger partial charge < -0.3 is 5.73 Å². The van der Waals surface area contributed by atoms with Crippen molar-refractivity contribution in [2.75, 3.05) is 30.5 Å². The van der Waals surface area contributed by atoms with Crippen molar-refractivity contribution >= 4 is 15.9 Å². The van der Waals surface area contributed by atoms with Gasteiger partial charge in [0, 0.05) is 19.6 Å². The van der Waals surface area contributed by atoms with Crippen LogP contribution in [0.1, 0.15) is 26.2 Å². The molecule has 0 aliphatic carbocycles. The Morgan fingerprint density at radius 3 is 2.67 bits per heavy atom. The lowest BCUT2D eigenvalue weighted by atomic mass is 10.0. The van der Waals surface area contributed by atoms with Crippen LogP contribution in [0.25, 0.3) is 0 Å². The molecule has 2 rings (SSSR count). The summed E-state index contributed by atoms with van der Waals surface area (Å²) in [6.45, 7) is 4.23. The van der Waals surface area contributed by atoms with Crippen LogP contribution in [-0.4, -0.2) is 38.9 Å². The van der Waals surface area contributed by atoms with Gasteiger partial charge in [0.1, 0.15) is 0 Å². The molecule has 1 heterocycles. The number of hydrogen-bond acceptors (Lipinski definition) is 3.